The van der Waals surface area contributed by atoms with E-state index in [-0.39, 0.29) is 23.3 Å². The first kappa shape index (κ1) is 18.0. The lowest BCUT2D eigenvalue weighted by molar-refractivity contribution is -0.135. The third-order valence-electron chi connectivity index (χ3n) is 4.33. The Hall–Kier alpha value is -1.80. The van der Waals surface area contributed by atoms with Crippen molar-refractivity contribution in [3.8, 4) is 0 Å². The van der Waals surface area contributed by atoms with Crippen LogP contribution < -0.4 is 5.32 Å². The van der Waals surface area contributed by atoms with Crippen LogP contribution >= 0.6 is 11.3 Å². The molecule has 3 heterocycles. The van der Waals surface area contributed by atoms with Crippen LogP contribution in [0.2, 0.25) is 0 Å². The quantitative estimate of drug-likeness (QED) is 0.902. The Morgan fingerprint density at radius 2 is 2.24 bits per heavy atom. The van der Waals surface area contributed by atoms with E-state index in [2.05, 4.69) is 41.4 Å². The molecule has 8 heteroatoms. The monoisotopic (exact) mass is 363 g/mol. The number of ether oxygens (including phenoxy) is 1. The number of hydrogen-bond acceptors (Lipinski definition) is 6. The van der Waals surface area contributed by atoms with Crippen molar-refractivity contribution in [3.63, 3.8) is 0 Å². The molecule has 2 atom stereocenters. The molecule has 0 aliphatic carbocycles. The van der Waals surface area contributed by atoms with Gasteiger partial charge in [0, 0.05) is 25.3 Å². The summed E-state index contributed by atoms with van der Waals surface area (Å²) in [5.74, 6) is -0.211. The third kappa shape index (κ3) is 4.07. The van der Waals surface area contributed by atoms with Crippen LogP contribution in [0, 0.1) is 5.92 Å². The van der Waals surface area contributed by atoms with Crippen molar-refractivity contribution in [1.82, 2.24) is 25.3 Å². The van der Waals surface area contributed by atoms with Crippen molar-refractivity contribution in [3.05, 3.63) is 28.0 Å². The van der Waals surface area contributed by atoms with Crippen molar-refractivity contribution in [1.29, 1.82) is 0 Å². The highest BCUT2D eigenvalue weighted by molar-refractivity contribution is 7.11. The lowest BCUT2D eigenvalue weighted by atomic mass is 9.91. The maximum absolute atomic E-state index is 12.7. The molecule has 1 fully saturated rings. The van der Waals surface area contributed by atoms with E-state index < -0.39 is 0 Å². The first-order valence-corrected chi connectivity index (χ1v) is 9.38. The van der Waals surface area contributed by atoms with E-state index in [0.717, 1.165) is 28.6 Å². The minimum atomic E-state index is -0.249. The van der Waals surface area contributed by atoms with Crippen molar-refractivity contribution in [2.45, 2.75) is 51.7 Å². The summed E-state index contributed by atoms with van der Waals surface area (Å²) in [6.07, 6.45) is 3.18. The number of rotatable bonds is 4. The number of nitrogens with zero attached hydrogens (tertiary/aromatic N) is 4. The second-order valence-corrected chi connectivity index (χ2v) is 8.45. The molecule has 1 N–H and O–H groups in total. The molecule has 0 saturated carbocycles. The van der Waals surface area contributed by atoms with Crippen LogP contribution in [0.25, 0.3) is 0 Å². The van der Waals surface area contributed by atoms with E-state index in [1.165, 1.54) is 0 Å². The van der Waals surface area contributed by atoms with E-state index >= 15 is 0 Å². The van der Waals surface area contributed by atoms with Gasteiger partial charge >= 0.3 is 0 Å². The number of aromatic nitrogens is 4. The van der Waals surface area contributed by atoms with Crippen LogP contribution in [-0.2, 0) is 28.5 Å². The van der Waals surface area contributed by atoms with Gasteiger partial charge in [0.1, 0.15) is 16.1 Å². The van der Waals surface area contributed by atoms with Gasteiger partial charge in [-0.3, -0.25) is 9.48 Å². The van der Waals surface area contributed by atoms with Gasteiger partial charge in [-0.25, -0.2) is 0 Å². The molecule has 3 rings (SSSR count). The number of nitrogens with one attached hydrogen (secondary N) is 1. The van der Waals surface area contributed by atoms with Gasteiger partial charge in [0.25, 0.3) is 0 Å². The highest BCUT2D eigenvalue weighted by Gasteiger charge is 2.34. The second kappa shape index (κ2) is 7.21. The maximum atomic E-state index is 12.7. The summed E-state index contributed by atoms with van der Waals surface area (Å²) in [5, 5.41) is 17.4. The lowest BCUT2D eigenvalue weighted by Crippen LogP contribution is -2.37. The van der Waals surface area contributed by atoms with Crippen LogP contribution in [0.15, 0.2) is 12.3 Å². The van der Waals surface area contributed by atoms with Gasteiger partial charge in [0.2, 0.25) is 5.91 Å². The topological polar surface area (TPSA) is 81.9 Å². The summed E-state index contributed by atoms with van der Waals surface area (Å²) in [4.78, 5) is 12.7. The molecule has 2 aromatic rings. The molecule has 0 aromatic carbocycles. The molecule has 0 radical (unpaired) electrons. The SMILES string of the molecule is Cn1nccc1[C@@H]1OCCC[C@H]1C(=O)NCc1nnc(C(C)(C)C)s1. The predicted octanol–water partition coefficient (Wildman–Crippen LogP) is 2.35. The smallest absolute Gasteiger partial charge is 0.226 e. The fraction of sp³-hybridized carbons (Fsp3) is 0.647. The normalized spacial score (nSPS) is 21.3. The minimum Gasteiger partial charge on any atom is -0.371 e. The number of amides is 1. The zero-order chi connectivity index (χ0) is 18.0. The number of carbonyl (C=O) groups excluding carboxylic acids is 1. The van der Waals surface area contributed by atoms with Gasteiger partial charge in [0.15, 0.2) is 0 Å². The van der Waals surface area contributed by atoms with Gasteiger partial charge in [-0.1, -0.05) is 32.1 Å². The molecule has 1 saturated heterocycles. The zero-order valence-electron chi connectivity index (χ0n) is 15.2. The van der Waals surface area contributed by atoms with E-state index in [4.69, 9.17) is 4.74 Å². The number of hydrogen-bond donors (Lipinski definition) is 1. The van der Waals surface area contributed by atoms with E-state index in [0.29, 0.717) is 13.2 Å². The molecular weight excluding hydrogens is 338 g/mol. The number of carbonyl (C=O) groups is 1. The van der Waals surface area contributed by atoms with Crippen LogP contribution in [0.3, 0.4) is 0 Å². The van der Waals surface area contributed by atoms with Gasteiger partial charge < -0.3 is 10.1 Å². The Bertz CT molecular complexity index is 733. The Labute approximate surface area is 151 Å². The molecule has 2 aromatic heterocycles. The van der Waals surface area contributed by atoms with Gasteiger partial charge in [0.05, 0.1) is 18.2 Å². The van der Waals surface area contributed by atoms with Crippen molar-refractivity contribution in [2.24, 2.45) is 13.0 Å². The third-order valence-corrected chi connectivity index (χ3v) is 5.68. The highest BCUT2D eigenvalue weighted by atomic mass is 32.1. The van der Waals surface area contributed by atoms with Crippen molar-refractivity contribution >= 4 is 17.2 Å². The van der Waals surface area contributed by atoms with Crippen LogP contribution in [0.4, 0.5) is 0 Å². The summed E-state index contributed by atoms with van der Waals surface area (Å²) in [5.41, 5.74) is 0.910. The molecule has 1 amide bonds. The molecule has 0 spiro atoms. The van der Waals surface area contributed by atoms with Crippen LogP contribution in [0.5, 0.6) is 0 Å². The first-order valence-electron chi connectivity index (χ1n) is 8.56. The van der Waals surface area contributed by atoms with E-state index in [1.54, 1.807) is 22.2 Å². The predicted molar refractivity (Wildman–Crippen MR) is 95.1 cm³/mol. The largest absolute Gasteiger partial charge is 0.371 e. The number of aryl methyl sites for hydroxylation is 1. The van der Waals surface area contributed by atoms with Gasteiger partial charge in [-0.2, -0.15) is 5.10 Å². The lowest BCUT2D eigenvalue weighted by Gasteiger charge is -2.30. The molecule has 7 nitrogen and oxygen atoms in total. The summed E-state index contributed by atoms with van der Waals surface area (Å²) < 4.78 is 7.67. The van der Waals surface area contributed by atoms with Crippen LogP contribution in [-0.4, -0.2) is 32.5 Å². The average molecular weight is 363 g/mol. The molecule has 25 heavy (non-hydrogen) atoms. The van der Waals surface area contributed by atoms with Crippen molar-refractivity contribution < 1.29 is 9.53 Å². The van der Waals surface area contributed by atoms with Crippen LogP contribution in [0.1, 0.15) is 55.4 Å². The average Bonchev–Trinajstić information content (AvgIpc) is 3.21. The minimum absolute atomic E-state index is 0.00147. The molecule has 136 valence electrons. The van der Waals surface area contributed by atoms with Gasteiger partial charge in [-0.15, -0.1) is 10.2 Å². The molecule has 0 unspecified atom stereocenters. The highest BCUT2D eigenvalue weighted by Crippen LogP contribution is 2.33. The van der Waals surface area contributed by atoms with E-state index in [9.17, 15) is 4.79 Å². The summed E-state index contributed by atoms with van der Waals surface area (Å²) in [6, 6.07) is 1.91. The Balaban J connectivity index is 1.65. The molecule has 1 aliphatic heterocycles. The molecule has 1 aliphatic rings. The standard InChI is InChI=1S/C17H25N5O2S/c1-17(2,3)16-21-20-13(25-16)10-18-15(23)11-6-5-9-24-14(11)12-7-8-19-22(12)4/h7-8,11,14H,5-6,9-10H2,1-4H3,(H,18,23)/t11-,14-/m1/s1. The summed E-state index contributed by atoms with van der Waals surface area (Å²) in [6.45, 7) is 7.39. The zero-order valence-corrected chi connectivity index (χ0v) is 16.0. The molecular formula is C17H25N5O2S. The summed E-state index contributed by atoms with van der Waals surface area (Å²) >= 11 is 1.55. The second-order valence-electron chi connectivity index (χ2n) is 7.39. The Morgan fingerprint density at radius 3 is 2.88 bits per heavy atom. The summed E-state index contributed by atoms with van der Waals surface area (Å²) in [7, 11) is 1.87. The fourth-order valence-corrected chi connectivity index (χ4v) is 3.76. The Kier molecular flexibility index (Phi) is 5.19. The first-order chi connectivity index (χ1) is 11.9. The molecule has 0 bridgehead atoms. The Morgan fingerprint density at radius 1 is 1.44 bits per heavy atom. The van der Waals surface area contributed by atoms with E-state index in [1.807, 2.05) is 13.1 Å². The van der Waals surface area contributed by atoms with Gasteiger partial charge in [-0.05, 0) is 18.9 Å². The maximum Gasteiger partial charge on any atom is 0.226 e. The fourth-order valence-electron chi connectivity index (χ4n) is 2.93. The van der Waals surface area contributed by atoms with Crippen molar-refractivity contribution in [2.75, 3.05) is 6.61 Å².